The highest BCUT2D eigenvalue weighted by molar-refractivity contribution is 6.03. The summed E-state index contributed by atoms with van der Waals surface area (Å²) in [7, 11) is 1.23. The zero-order valence-electron chi connectivity index (χ0n) is 15.8. The number of benzene rings is 2. The summed E-state index contributed by atoms with van der Waals surface area (Å²) in [6, 6.07) is 17.5. The van der Waals surface area contributed by atoms with E-state index in [1.807, 2.05) is 54.6 Å². The van der Waals surface area contributed by atoms with Crippen LogP contribution in [0.15, 0.2) is 54.6 Å². The Hall–Kier alpha value is -2.95. The van der Waals surface area contributed by atoms with E-state index in [4.69, 9.17) is 4.74 Å². The number of Topliss-reactive ketones (excluding diaryl/α,β-unsaturated/α-hetero) is 1. The van der Waals surface area contributed by atoms with Crippen LogP contribution in [-0.4, -0.2) is 31.4 Å². The van der Waals surface area contributed by atoms with Gasteiger partial charge in [-0.2, -0.15) is 0 Å². The normalized spacial score (nSPS) is 12.7. The second-order valence-corrected chi connectivity index (χ2v) is 6.25. The van der Waals surface area contributed by atoms with Crippen molar-refractivity contribution in [2.75, 3.05) is 13.7 Å². The average molecular weight is 368 g/mol. The Morgan fingerprint density at radius 1 is 0.889 bits per heavy atom. The fourth-order valence-electron chi connectivity index (χ4n) is 2.93. The van der Waals surface area contributed by atoms with Gasteiger partial charge in [0.15, 0.2) is 5.78 Å². The molecule has 5 nitrogen and oxygen atoms in total. The van der Waals surface area contributed by atoms with Crippen LogP contribution in [0.4, 0.5) is 0 Å². The molecule has 0 aromatic heterocycles. The summed E-state index contributed by atoms with van der Waals surface area (Å²) in [5.74, 6) is -3.74. The molecule has 0 heterocycles. The van der Waals surface area contributed by atoms with E-state index >= 15 is 0 Å². The zero-order valence-corrected chi connectivity index (χ0v) is 15.8. The molecule has 0 fully saturated rings. The number of hydrogen-bond donors (Lipinski definition) is 0. The first-order valence-electron chi connectivity index (χ1n) is 8.89. The first kappa shape index (κ1) is 20.4. The van der Waals surface area contributed by atoms with Crippen LogP contribution in [-0.2, 0) is 30.3 Å². The van der Waals surface area contributed by atoms with Gasteiger partial charge in [0.05, 0.1) is 19.6 Å². The molecule has 0 aliphatic carbocycles. The van der Waals surface area contributed by atoms with Crippen LogP contribution < -0.4 is 0 Å². The first-order valence-corrected chi connectivity index (χ1v) is 8.89. The van der Waals surface area contributed by atoms with E-state index in [0.29, 0.717) is 0 Å². The van der Waals surface area contributed by atoms with Gasteiger partial charge in [-0.05, 0) is 23.6 Å². The summed E-state index contributed by atoms with van der Waals surface area (Å²) in [5.41, 5.74) is 2.89. The van der Waals surface area contributed by atoms with E-state index in [1.54, 1.807) is 6.92 Å². The molecule has 0 aliphatic heterocycles. The Morgan fingerprint density at radius 2 is 1.48 bits per heavy atom. The van der Waals surface area contributed by atoms with Crippen molar-refractivity contribution in [3.63, 3.8) is 0 Å². The maximum atomic E-state index is 12.7. The fraction of sp³-hybridized carbons (Fsp3) is 0.318. The second-order valence-electron chi connectivity index (χ2n) is 6.25. The van der Waals surface area contributed by atoms with Crippen LogP contribution in [0.2, 0.25) is 0 Å². The van der Waals surface area contributed by atoms with E-state index < -0.39 is 23.8 Å². The number of ether oxygens (including phenoxy) is 2. The molecule has 0 N–H and O–H groups in total. The molecule has 1 unspecified atom stereocenters. The van der Waals surface area contributed by atoms with Crippen molar-refractivity contribution in [2.24, 2.45) is 11.8 Å². The van der Waals surface area contributed by atoms with E-state index in [1.165, 1.54) is 14.0 Å². The lowest BCUT2D eigenvalue weighted by Gasteiger charge is -2.19. The van der Waals surface area contributed by atoms with Crippen molar-refractivity contribution in [2.45, 2.75) is 20.3 Å². The molecule has 0 saturated heterocycles. The lowest BCUT2D eigenvalue weighted by atomic mass is 9.87. The lowest BCUT2D eigenvalue weighted by molar-refractivity contribution is -0.161. The topological polar surface area (TPSA) is 69.7 Å². The summed E-state index contributed by atoms with van der Waals surface area (Å²) in [6.45, 7) is 3.30. The van der Waals surface area contributed by atoms with Gasteiger partial charge in [0.2, 0.25) is 0 Å². The summed E-state index contributed by atoms with van der Waals surface area (Å²) < 4.78 is 9.68. The van der Waals surface area contributed by atoms with Crippen LogP contribution in [0, 0.1) is 11.8 Å². The molecule has 0 amide bonds. The van der Waals surface area contributed by atoms with Crippen molar-refractivity contribution in [3.05, 3.63) is 60.2 Å². The molecule has 0 radical (unpaired) electrons. The molecule has 27 heavy (non-hydrogen) atoms. The SMILES string of the molecule is CCOC(=O)C(C(=O)Cc1ccc(-c2ccccc2)cc1)[C@@H](C)C(=O)OC. The van der Waals surface area contributed by atoms with Gasteiger partial charge in [-0.3, -0.25) is 14.4 Å². The van der Waals surface area contributed by atoms with Gasteiger partial charge in [-0.1, -0.05) is 61.5 Å². The number of hydrogen-bond acceptors (Lipinski definition) is 5. The molecule has 0 aliphatic rings. The van der Waals surface area contributed by atoms with E-state index in [2.05, 4.69) is 4.74 Å². The van der Waals surface area contributed by atoms with Crippen LogP contribution in [0.5, 0.6) is 0 Å². The fourth-order valence-corrected chi connectivity index (χ4v) is 2.93. The summed E-state index contributed by atoms with van der Waals surface area (Å²) in [6.07, 6.45) is 0.0416. The minimum atomic E-state index is -1.17. The van der Waals surface area contributed by atoms with Crippen LogP contribution in [0.1, 0.15) is 19.4 Å². The van der Waals surface area contributed by atoms with Crippen molar-refractivity contribution in [1.82, 2.24) is 0 Å². The number of methoxy groups -OCH3 is 1. The predicted molar refractivity (Wildman–Crippen MR) is 102 cm³/mol. The molecule has 2 aromatic carbocycles. The van der Waals surface area contributed by atoms with Crippen molar-refractivity contribution in [1.29, 1.82) is 0 Å². The molecular formula is C22H24O5. The van der Waals surface area contributed by atoms with E-state index in [9.17, 15) is 14.4 Å². The predicted octanol–water partition coefficient (Wildman–Crippen LogP) is 3.45. The monoisotopic (exact) mass is 368 g/mol. The van der Waals surface area contributed by atoms with Gasteiger partial charge in [0.25, 0.3) is 0 Å². The van der Waals surface area contributed by atoms with Gasteiger partial charge in [-0.25, -0.2) is 0 Å². The molecule has 0 spiro atoms. The number of rotatable bonds is 8. The molecule has 2 atom stereocenters. The number of carbonyl (C=O) groups is 3. The third-order valence-electron chi connectivity index (χ3n) is 4.40. The summed E-state index contributed by atoms with van der Waals surface area (Å²) in [4.78, 5) is 36.8. The van der Waals surface area contributed by atoms with Crippen molar-refractivity contribution < 1.29 is 23.9 Å². The standard InChI is InChI=1S/C22H24O5/c1-4-27-22(25)20(15(2)21(24)26-3)19(23)14-16-10-12-18(13-11-16)17-8-6-5-7-9-17/h5-13,15,20H,4,14H2,1-3H3/t15-,20?/m1/s1. The molecule has 2 aromatic rings. The van der Waals surface area contributed by atoms with Crippen LogP contribution in [0.3, 0.4) is 0 Å². The highest BCUT2D eigenvalue weighted by Gasteiger charge is 2.37. The zero-order chi connectivity index (χ0) is 19.8. The molecule has 2 rings (SSSR count). The number of carbonyl (C=O) groups excluding carboxylic acids is 3. The molecule has 142 valence electrons. The highest BCUT2D eigenvalue weighted by Crippen LogP contribution is 2.22. The Balaban J connectivity index is 2.16. The number of ketones is 1. The molecule has 0 bridgehead atoms. The van der Waals surface area contributed by atoms with Gasteiger partial charge < -0.3 is 9.47 Å². The van der Waals surface area contributed by atoms with Crippen LogP contribution in [0.25, 0.3) is 11.1 Å². The minimum absolute atomic E-state index is 0.0416. The van der Waals surface area contributed by atoms with Gasteiger partial charge in [-0.15, -0.1) is 0 Å². The third-order valence-corrected chi connectivity index (χ3v) is 4.40. The highest BCUT2D eigenvalue weighted by atomic mass is 16.5. The maximum Gasteiger partial charge on any atom is 0.317 e. The largest absolute Gasteiger partial charge is 0.469 e. The maximum absolute atomic E-state index is 12.7. The molecule has 0 saturated carbocycles. The van der Waals surface area contributed by atoms with Gasteiger partial charge in [0.1, 0.15) is 5.92 Å². The average Bonchev–Trinajstić information content (AvgIpc) is 2.69. The quantitative estimate of drug-likeness (QED) is 0.527. The third kappa shape index (κ3) is 5.26. The Morgan fingerprint density at radius 3 is 2.04 bits per heavy atom. The summed E-state index contributed by atoms with van der Waals surface area (Å²) in [5, 5.41) is 0. The Bertz CT molecular complexity index is 780. The van der Waals surface area contributed by atoms with Gasteiger partial charge >= 0.3 is 11.9 Å². The lowest BCUT2D eigenvalue weighted by Crippen LogP contribution is -2.37. The van der Waals surface area contributed by atoms with E-state index in [-0.39, 0.29) is 18.8 Å². The Kier molecular flexibility index (Phi) is 7.29. The Labute approximate surface area is 159 Å². The first-order chi connectivity index (χ1) is 13.0. The minimum Gasteiger partial charge on any atom is -0.469 e. The summed E-state index contributed by atoms with van der Waals surface area (Å²) >= 11 is 0. The second kappa shape index (κ2) is 9.67. The van der Waals surface area contributed by atoms with Gasteiger partial charge in [0, 0.05) is 6.42 Å². The van der Waals surface area contributed by atoms with Crippen LogP contribution >= 0.6 is 0 Å². The van der Waals surface area contributed by atoms with Crippen molar-refractivity contribution in [3.8, 4) is 11.1 Å². The van der Waals surface area contributed by atoms with Crippen molar-refractivity contribution >= 4 is 17.7 Å². The number of esters is 2. The smallest absolute Gasteiger partial charge is 0.317 e. The molecular weight excluding hydrogens is 344 g/mol. The molecule has 5 heteroatoms. The van der Waals surface area contributed by atoms with E-state index in [0.717, 1.165) is 16.7 Å².